The Morgan fingerprint density at radius 1 is 0.917 bits per heavy atom. The smallest absolute Gasteiger partial charge is 0.331 e. The van der Waals surface area contributed by atoms with Gasteiger partial charge in [-0.15, -0.1) is 0 Å². The maximum absolute atomic E-state index is 11.8. The molecule has 3 N–H and O–H groups in total. The van der Waals surface area contributed by atoms with Gasteiger partial charge in [0.2, 0.25) is 0 Å². The zero-order valence-corrected chi connectivity index (χ0v) is 22.0. The summed E-state index contributed by atoms with van der Waals surface area (Å²) in [6.45, 7) is 7.22. The molecular formula is C29H44O7. The lowest BCUT2D eigenvalue weighted by Gasteiger charge is -2.61. The number of rotatable bonds is 3. The molecule has 5 fully saturated rings. The minimum Gasteiger partial charge on any atom is -0.458 e. The third kappa shape index (κ3) is 3.83. The molecule has 202 valence electrons. The van der Waals surface area contributed by atoms with Gasteiger partial charge in [0.25, 0.3) is 0 Å². The highest BCUT2D eigenvalue weighted by Gasteiger charge is 2.61. The van der Waals surface area contributed by atoms with Crippen LogP contribution in [0.25, 0.3) is 0 Å². The molecule has 6 aliphatic rings. The Labute approximate surface area is 214 Å². The highest BCUT2D eigenvalue weighted by Crippen LogP contribution is 2.68. The Balaban J connectivity index is 1.13. The maximum atomic E-state index is 11.8. The quantitative estimate of drug-likeness (QED) is 0.400. The molecule has 13 atom stereocenters. The van der Waals surface area contributed by atoms with Crippen LogP contribution in [0.15, 0.2) is 11.6 Å². The van der Waals surface area contributed by atoms with Crippen LogP contribution in [-0.4, -0.2) is 64.7 Å². The third-order valence-electron chi connectivity index (χ3n) is 11.9. The van der Waals surface area contributed by atoms with E-state index in [1.807, 2.05) is 0 Å². The summed E-state index contributed by atoms with van der Waals surface area (Å²) in [4.78, 5) is 11.8. The predicted molar refractivity (Wildman–Crippen MR) is 131 cm³/mol. The van der Waals surface area contributed by atoms with E-state index in [1.165, 1.54) is 44.1 Å². The lowest BCUT2D eigenvalue weighted by Crippen LogP contribution is -2.58. The molecule has 0 spiro atoms. The first-order valence-electron chi connectivity index (χ1n) is 14.3. The topological polar surface area (TPSA) is 105 Å². The second-order valence-electron chi connectivity index (χ2n) is 13.4. The van der Waals surface area contributed by atoms with Crippen LogP contribution in [0.1, 0.15) is 78.6 Å². The van der Waals surface area contributed by atoms with Crippen LogP contribution in [0.3, 0.4) is 0 Å². The minimum absolute atomic E-state index is 0.00507. The lowest BCUT2D eigenvalue weighted by atomic mass is 9.44. The normalized spacial score (nSPS) is 54.8. The van der Waals surface area contributed by atoms with Crippen molar-refractivity contribution in [3.05, 3.63) is 11.6 Å². The minimum atomic E-state index is -1.25. The van der Waals surface area contributed by atoms with Crippen molar-refractivity contribution in [1.82, 2.24) is 0 Å². The van der Waals surface area contributed by atoms with Gasteiger partial charge in [-0.1, -0.05) is 13.8 Å². The maximum Gasteiger partial charge on any atom is 0.331 e. The molecule has 4 aliphatic carbocycles. The van der Waals surface area contributed by atoms with E-state index < -0.39 is 30.7 Å². The van der Waals surface area contributed by atoms with Crippen molar-refractivity contribution in [1.29, 1.82) is 0 Å². The summed E-state index contributed by atoms with van der Waals surface area (Å²) in [7, 11) is 0. The van der Waals surface area contributed by atoms with E-state index >= 15 is 0 Å². The van der Waals surface area contributed by atoms with Crippen LogP contribution < -0.4 is 0 Å². The van der Waals surface area contributed by atoms with Gasteiger partial charge in [0, 0.05) is 6.08 Å². The van der Waals surface area contributed by atoms with Gasteiger partial charge in [-0.3, -0.25) is 0 Å². The fraction of sp³-hybridized carbons (Fsp3) is 0.897. The molecule has 0 bridgehead atoms. The summed E-state index contributed by atoms with van der Waals surface area (Å²) in [5.74, 6) is 3.14. The highest BCUT2D eigenvalue weighted by atomic mass is 16.7. The number of hydrogen-bond donors (Lipinski definition) is 3. The fourth-order valence-electron chi connectivity index (χ4n) is 9.86. The molecule has 7 heteroatoms. The Bertz CT molecular complexity index is 904. The number of esters is 1. The van der Waals surface area contributed by atoms with E-state index in [2.05, 4.69) is 13.8 Å². The van der Waals surface area contributed by atoms with Crippen LogP contribution in [0, 0.1) is 40.4 Å². The summed E-state index contributed by atoms with van der Waals surface area (Å²) >= 11 is 0. The Kier molecular flexibility index (Phi) is 6.36. The molecule has 4 saturated carbocycles. The van der Waals surface area contributed by atoms with E-state index in [0.29, 0.717) is 23.9 Å². The van der Waals surface area contributed by atoms with Gasteiger partial charge < -0.3 is 29.5 Å². The zero-order valence-electron chi connectivity index (χ0n) is 22.0. The fourth-order valence-corrected chi connectivity index (χ4v) is 9.86. The monoisotopic (exact) mass is 504 g/mol. The number of hydrogen-bond acceptors (Lipinski definition) is 7. The van der Waals surface area contributed by atoms with Gasteiger partial charge in [0.15, 0.2) is 6.29 Å². The molecule has 0 aromatic carbocycles. The zero-order chi connectivity index (χ0) is 25.4. The lowest BCUT2D eigenvalue weighted by molar-refractivity contribution is -0.309. The molecular weight excluding hydrogens is 460 g/mol. The number of carbonyl (C=O) groups excluding carboxylic acids is 1. The SMILES string of the molecule is C[C@H]1OC(O[C@H]2CC[C@@]3(C)[C@H](CC[C@@H]4[C@@H]3CC[C@]3(C)[C@@H](C5=CC(=O)OC5)CC[C@@H]43)C2)[C@@H](O)[C@@H](O)[C@@H]1O. The highest BCUT2D eigenvalue weighted by molar-refractivity contribution is 5.85. The molecule has 0 aromatic rings. The Morgan fingerprint density at radius 2 is 1.67 bits per heavy atom. The Morgan fingerprint density at radius 3 is 2.42 bits per heavy atom. The van der Waals surface area contributed by atoms with E-state index in [4.69, 9.17) is 14.2 Å². The van der Waals surface area contributed by atoms with Crippen molar-refractivity contribution in [3.8, 4) is 0 Å². The summed E-state index contributed by atoms with van der Waals surface area (Å²) in [6, 6.07) is 0. The molecule has 0 radical (unpaired) electrons. The second-order valence-corrected chi connectivity index (χ2v) is 13.4. The number of fused-ring (bicyclic) bond motifs is 5. The number of aliphatic hydroxyl groups excluding tert-OH is 3. The molecule has 1 saturated heterocycles. The number of carbonyl (C=O) groups is 1. The van der Waals surface area contributed by atoms with Crippen LogP contribution >= 0.6 is 0 Å². The van der Waals surface area contributed by atoms with Crippen molar-refractivity contribution < 1.29 is 34.3 Å². The molecule has 2 heterocycles. The third-order valence-corrected chi connectivity index (χ3v) is 11.9. The van der Waals surface area contributed by atoms with Gasteiger partial charge >= 0.3 is 5.97 Å². The van der Waals surface area contributed by atoms with Crippen molar-refractivity contribution in [3.63, 3.8) is 0 Å². The van der Waals surface area contributed by atoms with Crippen molar-refractivity contribution in [2.45, 2.75) is 115 Å². The molecule has 2 aliphatic heterocycles. The average Bonchev–Trinajstić information content (AvgIpc) is 3.43. The molecule has 6 rings (SSSR count). The van der Waals surface area contributed by atoms with Crippen molar-refractivity contribution >= 4 is 5.97 Å². The Hall–Kier alpha value is -0.990. The number of cyclic esters (lactones) is 1. The molecule has 36 heavy (non-hydrogen) atoms. The van der Waals surface area contributed by atoms with Crippen molar-refractivity contribution in [2.24, 2.45) is 40.4 Å². The van der Waals surface area contributed by atoms with Gasteiger partial charge in [-0.05, 0) is 111 Å². The van der Waals surface area contributed by atoms with Gasteiger partial charge in [-0.2, -0.15) is 0 Å². The van der Waals surface area contributed by atoms with E-state index in [-0.39, 0.29) is 17.5 Å². The first kappa shape index (κ1) is 25.3. The van der Waals surface area contributed by atoms with E-state index in [0.717, 1.165) is 37.0 Å². The molecule has 1 unspecified atom stereocenters. The van der Waals surface area contributed by atoms with Gasteiger partial charge in [0.05, 0.1) is 12.2 Å². The van der Waals surface area contributed by atoms with Crippen molar-refractivity contribution in [2.75, 3.05) is 6.61 Å². The van der Waals surface area contributed by atoms with Crippen LogP contribution in [-0.2, 0) is 19.0 Å². The molecule has 7 nitrogen and oxygen atoms in total. The standard InChI is InChI=1S/C29H44O7/c1-15-24(31)25(32)26(33)27(35-15)36-18-8-10-28(2)17(13-18)4-5-19-21-7-6-20(16-12-23(30)34-14-16)29(21,3)11-9-22(19)28/h12,15,17-22,24-27,31-33H,4-11,13-14H2,1-3H3/t15-,17-,18+,19+,20-,21+,22+,24-,25+,26+,27?,28+,29-/m1/s1. The molecule has 0 aromatic heterocycles. The van der Waals surface area contributed by atoms with Crippen LogP contribution in [0.5, 0.6) is 0 Å². The van der Waals surface area contributed by atoms with Gasteiger partial charge in [0.1, 0.15) is 24.9 Å². The van der Waals surface area contributed by atoms with Crippen LogP contribution in [0.4, 0.5) is 0 Å². The summed E-state index contributed by atoms with van der Waals surface area (Å²) < 4.78 is 17.3. The van der Waals surface area contributed by atoms with Crippen LogP contribution in [0.2, 0.25) is 0 Å². The average molecular weight is 505 g/mol. The molecule has 0 amide bonds. The summed E-state index contributed by atoms with van der Waals surface area (Å²) in [5, 5.41) is 30.6. The first-order valence-corrected chi connectivity index (χ1v) is 14.3. The second kappa shape index (κ2) is 9.04. The number of aliphatic hydroxyl groups is 3. The van der Waals surface area contributed by atoms with E-state index in [9.17, 15) is 20.1 Å². The largest absolute Gasteiger partial charge is 0.458 e. The van der Waals surface area contributed by atoms with Gasteiger partial charge in [-0.25, -0.2) is 4.79 Å². The first-order chi connectivity index (χ1) is 17.1. The summed E-state index contributed by atoms with van der Waals surface area (Å²) in [5.41, 5.74) is 1.82. The summed E-state index contributed by atoms with van der Waals surface area (Å²) in [6.07, 6.45) is 7.18. The predicted octanol–water partition coefficient (Wildman–Crippen LogP) is 3.34. The number of ether oxygens (including phenoxy) is 3. The van der Waals surface area contributed by atoms with E-state index in [1.54, 1.807) is 13.0 Å².